The van der Waals surface area contributed by atoms with Crippen molar-refractivity contribution in [2.75, 3.05) is 47.5 Å². The summed E-state index contributed by atoms with van der Waals surface area (Å²) in [5.41, 5.74) is 0. The van der Waals surface area contributed by atoms with Gasteiger partial charge < -0.3 is 28.5 Å². The van der Waals surface area contributed by atoms with Crippen LogP contribution in [0.5, 0.6) is 0 Å². The molecule has 1 N–H and O–H groups in total. The number of aliphatic carboxylic acids is 1. The van der Waals surface area contributed by atoms with E-state index in [4.69, 9.17) is 18.9 Å². The van der Waals surface area contributed by atoms with Crippen molar-refractivity contribution >= 4 is 17.9 Å². The maximum absolute atomic E-state index is 12.7. The molecular formula is C46H74NO8+. The summed E-state index contributed by atoms with van der Waals surface area (Å²) in [6, 6.07) is 0. The molecule has 310 valence electrons. The van der Waals surface area contributed by atoms with Gasteiger partial charge in [-0.25, -0.2) is 4.79 Å². The Bertz CT molecular complexity index is 1220. The number of likely N-dealkylation sites (N-methyl/N-ethyl adjacent to an activating group) is 1. The number of quaternary nitrogens is 1. The molecule has 0 fully saturated rings. The third-order valence-electron chi connectivity index (χ3n) is 7.85. The first-order valence-corrected chi connectivity index (χ1v) is 20.4. The second-order valence-corrected chi connectivity index (χ2v) is 14.2. The molecule has 0 aromatic rings. The van der Waals surface area contributed by atoms with Crippen LogP contribution in [0.2, 0.25) is 0 Å². The maximum atomic E-state index is 12.7. The Hall–Kier alpha value is -3.79. The van der Waals surface area contributed by atoms with Gasteiger partial charge in [0.25, 0.3) is 6.29 Å². The molecule has 0 aliphatic carbocycles. The number of carboxylic acid groups (broad SMARTS) is 1. The lowest BCUT2D eigenvalue weighted by atomic mass is 10.1. The van der Waals surface area contributed by atoms with Crippen LogP contribution in [0.4, 0.5) is 0 Å². The zero-order valence-electron chi connectivity index (χ0n) is 34.8. The normalized spacial score (nSPS) is 14.0. The quantitative estimate of drug-likeness (QED) is 0.0223. The van der Waals surface area contributed by atoms with Crippen molar-refractivity contribution in [3.63, 3.8) is 0 Å². The smallest absolute Gasteiger partial charge is 0.361 e. The van der Waals surface area contributed by atoms with Gasteiger partial charge in [-0.1, -0.05) is 124 Å². The van der Waals surface area contributed by atoms with Gasteiger partial charge >= 0.3 is 17.9 Å². The average molecular weight is 769 g/mol. The molecule has 9 heteroatoms. The Morgan fingerprint density at radius 2 is 1.02 bits per heavy atom. The van der Waals surface area contributed by atoms with Crippen molar-refractivity contribution in [2.45, 2.75) is 129 Å². The van der Waals surface area contributed by atoms with Crippen molar-refractivity contribution in [3.8, 4) is 0 Å². The number of nitrogens with zero attached hydrogens (tertiary/aromatic N) is 1. The predicted molar refractivity (Wildman–Crippen MR) is 225 cm³/mol. The molecule has 2 unspecified atom stereocenters. The molecule has 0 aliphatic rings. The van der Waals surface area contributed by atoms with Crippen LogP contribution in [0.3, 0.4) is 0 Å². The first-order valence-electron chi connectivity index (χ1n) is 20.4. The molecule has 0 radical (unpaired) electrons. The van der Waals surface area contributed by atoms with E-state index in [1.54, 1.807) is 0 Å². The number of hydrogen-bond acceptors (Lipinski definition) is 7. The van der Waals surface area contributed by atoms with Gasteiger partial charge in [0, 0.05) is 12.8 Å². The highest BCUT2D eigenvalue weighted by Gasteiger charge is 2.25. The number of unbranched alkanes of at least 4 members (excludes halogenated alkanes) is 4. The van der Waals surface area contributed by atoms with Crippen molar-refractivity contribution in [1.29, 1.82) is 0 Å². The fourth-order valence-corrected chi connectivity index (χ4v) is 4.72. The SMILES string of the molecule is CC/C=C\C/C=C\C/C=C\C/C=C\CCCCCCC(=O)OC(COC(=O)CC/C=C\C/C=C\C/C=C\C/C=C\CC)COC(OCC[N+](C)(C)C)C(=O)O. The molecule has 0 spiro atoms. The molecule has 55 heavy (non-hydrogen) atoms. The highest BCUT2D eigenvalue weighted by atomic mass is 16.7. The van der Waals surface area contributed by atoms with Crippen LogP contribution in [-0.2, 0) is 33.3 Å². The van der Waals surface area contributed by atoms with E-state index in [0.29, 0.717) is 23.9 Å². The van der Waals surface area contributed by atoms with Gasteiger partial charge in [-0.05, 0) is 77.0 Å². The summed E-state index contributed by atoms with van der Waals surface area (Å²) in [6.45, 7) is 4.48. The average Bonchev–Trinajstić information content (AvgIpc) is 3.14. The lowest BCUT2D eigenvalue weighted by Crippen LogP contribution is -2.40. The van der Waals surface area contributed by atoms with Crippen molar-refractivity contribution in [1.82, 2.24) is 0 Å². The summed E-state index contributed by atoms with van der Waals surface area (Å²) in [6.07, 6.45) is 44.9. The number of esters is 2. The minimum absolute atomic E-state index is 0.166. The van der Waals surface area contributed by atoms with E-state index >= 15 is 0 Å². The van der Waals surface area contributed by atoms with Crippen molar-refractivity contribution in [2.24, 2.45) is 0 Å². The van der Waals surface area contributed by atoms with Crippen LogP contribution in [0, 0.1) is 0 Å². The van der Waals surface area contributed by atoms with Gasteiger partial charge in [0.05, 0.1) is 34.4 Å². The number of rotatable bonds is 35. The highest BCUT2D eigenvalue weighted by Crippen LogP contribution is 2.10. The standard InChI is InChI=1S/C46H73NO8/c1-6-8-10-12-14-16-18-20-21-22-23-25-27-29-31-33-35-37-44(49)55-42(41-54-46(45(50)51)52-39-38-47(3,4)5)40-53-43(48)36-34-32-30-28-26-24-19-17-15-13-11-9-7-2/h8-11,14-17,20-21,23-26,30,32,42,46H,6-7,12-13,18-19,22,27-29,31,33-41H2,1-5H3/p+1/b10-8-,11-9-,16-14-,17-15-,21-20-,25-23-,26-24-,32-30-. The Morgan fingerprint density at radius 1 is 0.545 bits per heavy atom. The monoisotopic (exact) mass is 769 g/mol. The molecule has 0 aromatic heterocycles. The Balaban J connectivity index is 4.66. The van der Waals surface area contributed by atoms with E-state index in [1.807, 2.05) is 33.3 Å². The summed E-state index contributed by atoms with van der Waals surface area (Å²) >= 11 is 0. The van der Waals surface area contributed by atoms with Crippen LogP contribution in [0.25, 0.3) is 0 Å². The second kappa shape index (κ2) is 37.1. The maximum Gasteiger partial charge on any atom is 0.361 e. The van der Waals surface area contributed by atoms with E-state index in [-0.39, 0.29) is 32.7 Å². The third kappa shape index (κ3) is 38.3. The van der Waals surface area contributed by atoms with Crippen molar-refractivity contribution < 1.29 is 42.9 Å². The van der Waals surface area contributed by atoms with Crippen molar-refractivity contribution in [3.05, 3.63) is 97.2 Å². The van der Waals surface area contributed by atoms with Gasteiger partial charge in [0.2, 0.25) is 0 Å². The van der Waals surface area contributed by atoms with E-state index in [0.717, 1.165) is 77.0 Å². The fourth-order valence-electron chi connectivity index (χ4n) is 4.72. The number of allylic oxidation sites excluding steroid dienone is 16. The molecule has 0 saturated carbocycles. The molecule has 0 aromatic carbocycles. The van der Waals surface area contributed by atoms with Gasteiger partial charge in [-0.3, -0.25) is 9.59 Å². The Morgan fingerprint density at radius 3 is 1.51 bits per heavy atom. The highest BCUT2D eigenvalue weighted by molar-refractivity contribution is 5.71. The topological polar surface area (TPSA) is 108 Å². The predicted octanol–water partition coefficient (Wildman–Crippen LogP) is 10.3. The number of carboxylic acids is 1. The Kier molecular flexibility index (Phi) is 34.6. The summed E-state index contributed by atoms with van der Waals surface area (Å²) in [5, 5.41) is 9.60. The van der Waals surface area contributed by atoms with Crippen LogP contribution in [-0.4, -0.2) is 87.4 Å². The van der Waals surface area contributed by atoms with E-state index < -0.39 is 30.3 Å². The minimum atomic E-state index is -1.54. The first kappa shape index (κ1) is 51.2. The largest absolute Gasteiger partial charge is 0.477 e. The molecule has 0 saturated heterocycles. The van der Waals surface area contributed by atoms with Crippen LogP contribution < -0.4 is 0 Å². The molecule has 0 bridgehead atoms. The third-order valence-corrected chi connectivity index (χ3v) is 7.85. The molecule has 2 atom stereocenters. The van der Waals surface area contributed by atoms with Crippen LogP contribution in [0.15, 0.2) is 97.2 Å². The molecule has 0 rings (SSSR count). The van der Waals surface area contributed by atoms with Crippen LogP contribution in [0.1, 0.15) is 117 Å². The van der Waals surface area contributed by atoms with Gasteiger partial charge in [-0.15, -0.1) is 0 Å². The zero-order chi connectivity index (χ0) is 40.7. The van der Waals surface area contributed by atoms with E-state index in [2.05, 4.69) is 98.9 Å². The number of hydrogen-bond donors (Lipinski definition) is 1. The van der Waals surface area contributed by atoms with Crippen LogP contribution >= 0.6 is 0 Å². The molecule has 0 aliphatic heterocycles. The minimum Gasteiger partial charge on any atom is -0.477 e. The molecule has 0 amide bonds. The zero-order valence-corrected chi connectivity index (χ0v) is 34.8. The van der Waals surface area contributed by atoms with E-state index in [9.17, 15) is 19.5 Å². The molecule has 0 heterocycles. The summed E-state index contributed by atoms with van der Waals surface area (Å²) in [5.74, 6) is -2.17. The lowest BCUT2D eigenvalue weighted by molar-refractivity contribution is -0.870. The number of ether oxygens (including phenoxy) is 4. The first-order chi connectivity index (χ1) is 26.6. The molecular weight excluding hydrogens is 695 g/mol. The fraction of sp³-hybridized carbons (Fsp3) is 0.587. The van der Waals surface area contributed by atoms with Gasteiger partial charge in [0.15, 0.2) is 6.10 Å². The van der Waals surface area contributed by atoms with E-state index in [1.165, 1.54) is 0 Å². The Labute approximate surface area is 333 Å². The van der Waals surface area contributed by atoms with Gasteiger partial charge in [-0.2, -0.15) is 0 Å². The summed E-state index contributed by atoms with van der Waals surface area (Å²) < 4.78 is 22.5. The molecule has 9 nitrogen and oxygen atoms in total. The number of carbonyl (C=O) groups is 3. The van der Waals surface area contributed by atoms with Gasteiger partial charge in [0.1, 0.15) is 13.2 Å². The summed E-state index contributed by atoms with van der Waals surface area (Å²) in [4.78, 5) is 36.9. The lowest BCUT2D eigenvalue weighted by Gasteiger charge is -2.25. The summed E-state index contributed by atoms with van der Waals surface area (Å²) in [7, 11) is 5.91. The number of carbonyl (C=O) groups excluding carboxylic acids is 2. The second-order valence-electron chi connectivity index (χ2n) is 14.2.